The molecule has 0 spiro atoms. The van der Waals surface area contributed by atoms with Gasteiger partial charge in [0.25, 0.3) is 0 Å². The minimum Gasteiger partial charge on any atom is -0.393 e. The maximum absolute atomic E-state index is 9.76. The van der Waals surface area contributed by atoms with Gasteiger partial charge in [-0.15, -0.1) is 0 Å². The van der Waals surface area contributed by atoms with Crippen LogP contribution in [-0.2, 0) is 0 Å². The highest BCUT2D eigenvalue weighted by atomic mass is 16.3. The van der Waals surface area contributed by atoms with E-state index in [0.717, 1.165) is 30.6 Å². The Bertz CT molecular complexity index is 238. The Balaban J connectivity index is 1.57. The number of aliphatic hydroxyl groups is 1. The lowest BCUT2D eigenvalue weighted by Gasteiger charge is -2.41. The van der Waals surface area contributed by atoms with E-state index in [1.54, 1.807) is 0 Å². The third-order valence-corrected chi connectivity index (χ3v) is 5.66. The Morgan fingerprint density at radius 3 is 2.32 bits per heavy atom. The van der Waals surface area contributed by atoms with Crippen molar-refractivity contribution in [2.75, 3.05) is 0 Å². The minimum atomic E-state index is 0.0244. The van der Waals surface area contributed by atoms with Gasteiger partial charge in [0.1, 0.15) is 0 Å². The van der Waals surface area contributed by atoms with E-state index >= 15 is 0 Å². The van der Waals surface area contributed by atoms with Crippen molar-refractivity contribution in [1.82, 2.24) is 0 Å². The van der Waals surface area contributed by atoms with Crippen LogP contribution in [-0.4, -0.2) is 11.2 Å². The first kappa shape index (κ1) is 15.4. The molecule has 0 heterocycles. The molecule has 0 aliphatic heterocycles. The normalized spacial score (nSPS) is 35.1. The van der Waals surface area contributed by atoms with Crippen molar-refractivity contribution in [1.29, 1.82) is 0 Å². The standard InChI is InChI=1S/C18H34O/c1-2-3-4-5-6-7-8-15-9-10-17-14-18(19)12-11-16(17)13-15/h15-19H,2-14H2,1H3. The third kappa shape index (κ3) is 5.10. The summed E-state index contributed by atoms with van der Waals surface area (Å²) in [7, 11) is 0. The first-order chi connectivity index (χ1) is 9.29. The summed E-state index contributed by atoms with van der Waals surface area (Å²) < 4.78 is 0. The van der Waals surface area contributed by atoms with Crippen LogP contribution in [0.1, 0.15) is 90.4 Å². The molecular formula is C18H34O. The van der Waals surface area contributed by atoms with E-state index in [-0.39, 0.29) is 6.10 Å². The maximum atomic E-state index is 9.76. The fourth-order valence-corrected chi connectivity index (χ4v) is 4.44. The molecule has 2 fully saturated rings. The number of hydrogen-bond acceptors (Lipinski definition) is 1. The van der Waals surface area contributed by atoms with Gasteiger partial charge >= 0.3 is 0 Å². The van der Waals surface area contributed by atoms with Gasteiger partial charge in [-0.1, -0.05) is 58.3 Å². The first-order valence-corrected chi connectivity index (χ1v) is 8.97. The molecule has 1 nitrogen and oxygen atoms in total. The van der Waals surface area contributed by atoms with Crippen molar-refractivity contribution in [3.8, 4) is 0 Å². The molecule has 19 heavy (non-hydrogen) atoms. The highest BCUT2D eigenvalue weighted by Gasteiger charge is 2.34. The quantitative estimate of drug-likeness (QED) is 0.619. The van der Waals surface area contributed by atoms with Gasteiger partial charge in [0, 0.05) is 0 Å². The van der Waals surface area contributed by atoms with Gasteiger partial charge in [-0.05, 0) is 49.9 Å². The molecule has 0 saturated heterocycles. The molecule has 1 heteroatoms. The third-order valence-electron chi connectivity index (χ3n) is 5.66. The largest absolute Gasteiger partial charge is 0.393 e. The number of unbranched alkanes of at least 4 members (excludes halogenated alkanes) is 5. The maximum Gasteiger partial charge on any atom is 0.0543 e. The van der Waals surface area contributed by atoms with E-state index in [4.69, 9.17) is 0 Å². The molecule has 0 radical (unpaired) electrons. The lowest BCUT2D eigenvalue weighted by atomic mass is 9.66. The zero-order valence-electron chi connectivity index (χ0n) is 12.9. The molecule has 112 valence electrons. The Morgan fingerprint density at radius 2 is 1.47 bits per heavy atom. The van der Waals surface area contributed by atoms with Crippen LogP contribution in [0.4, 0.5) is 0 Å². The summed E-state index contributed by atoms with van der Waals surface area (Å²) >= 11 is 0. The van der Waals surface area contributed by atoms with E-state index in [0.29, 0.717) is 0 Å². The van der Waals surface area contributed by atoms with Crippen LogP contribution < -0.4 is 0 Å². The van der Waals surface area contributed by atoms with E-state index in [9.17, 15) is 5.11 Å². The molecule has 0 aromatic heterocycles. The van der Waals surface area contributed by atoms with Gasteiger partial charge in [0.15, 0.2) is 0 Å². The average Bonchev–Trinajstić information content (AvgIpc) is 2.43. The highest BCUT2D eigenvalue weighted by Crippen LogP contribution is 2.44. The second-order valence-corrected chi connectivity index (χ2v) is 7.22. The minimum absolute atomic E-state index is 0.0244. The molecule has 2 aliphatic rings. The predicted molar refractivity (Wildman–Crippen MR) is 82.2 cm³/mol. The van der Waals surface area contributed by atoms with E-state index < -0.39 is 0 Å². The molecular weight excluding hydrogens is 232 g/mol. The molecule has 0 amide bonds. The van der Waals surface area contributed by atoms with Crippen molar-refractivity contribution in [2.45, 2.75) is 96.5 Å². The number of hydrogen-bond donors (Lipinski definition) is 1. The fourth-order valence-electron chi connectivity index (χ4n) is 4.44. The smallest absolute Gasteiger partial charge is 0.0543 e. The highest BCUT2D eigenvalue weighted by molar-refractivity contribution is 4.85. The van der Waals surface area contributed by atoms with Gasteiger partial charge in [-0.3, -0.25) is 0 Å². The lowest BCUT2D eigenvalue weighted by molar-refractivity contribution is 0.0337. The number of rotatable bonds is 7. The van der Waals surface area contributed by atoms with E-state index in [1.165, 1.54) is 70.6 Å². The Morgan fingerprint density at radius 1 is 0.789 bits per heavy atom. The second-order valence-electron chi connectivity index (χ2n) is 7.22. The molecule has 0 aromatic carbocycles. The topological polar surface area (TPSA) is 20.2 Å². The molecule has 0 aromatic rings. The van der Waals surface area contributed by atoms with Crippen molar-refractivity contribution >= 4 is 0 Å². The molecule has 1 N–H and O–H groups in total. The summed E-state index contributed by atoms with van der Waals surface area (Å²) in [5, 5.41) is 9.76. The van der Waals surface area contributed by atoms with Crippen molar-refractivity contribution in [2.24, 2.45) is 17.8 Å². The number of aliphatic hydroxyl groups excluding tert-OH is 1. The van der Waals surface area contributed by atoms with Gasteiger partial charge in [0.2, 0.25) is 0 Å². The summed E-state index contributed by atoms with van der Waals surface area (Å²) in [4.78, 5) is 0. The van der Waals surface area contributed by atoms with Crippen LogP contribution in [0.5, 0.6) is 0 Å². The number of fused-ring (bicyclic) bond motifs is 1. The van der Waals surface area contributed by atoms with Crippen molar-refractivity contribution in [3.63, 3.8) is 0 Å². The van der Waals surface area contributed by atoms with Gasteiger partial charge < -0.3 is 5.11 Å². The Kier molecular flexibility index (Phi) is 6.70. The van der Waals surface area contributed by atoms with Crippen LogP contribution in [0.3, 0.4) is 0 Å². The molecule has 2 rings (SSSR count). The lowest BCUT2D eigenvalue weighted by Crippen LogP contribution is -2.33. The van der Waals surface area contributed by atoms with Crippen molar-refractivity contribution in [3.05, 3.63) is 0 Å². The zero-order chi connectivity index (χ0) is 13.5. The second kappa shape index (κ2) is 8.29. The summed E-state index contributed by atoms with van der Waals surface area (Å²) in [6.07, 6.45) is 17.9. The van der Waals surface area contributed by atoms with Gasteiger partial charge in [-0.2, -0.15) is 0 Å². The molecule has 0 bridgehead atoms. The predicted octanol–water partition coefficient (Wildman–Crippen LogP) is 5.31. The fraction of sp³-hybridized carbons (Fsp3) is 1.00. The average molecular weight is 266 g/mol. The van der Waals surface area contributed by atoms with Crippen LogP contribution in [0, 0.1) is 17.8 Å². The molecule has 2 aliphatic carbocycles. The summed E-state index contributed by atoms with van der Waals surface area (Å²) in [5.74, 6) is 2.84. The summed E-state index contributed by atoms with van der Waals surface area (Å²) in [5.41, 5.74) is 0. The SMILES string of the molecule is CCCCCCCCC1CCC2CC(O)CCC2C1. The van der Waals surface area contributed by atoms with Gasteiger partial charge in [0.05, 0.1) is 6.10 Å². The summed E-state index contributed by atoms with van der Waals surface area (Å²) in [6.45, 7) is 2.29. The van der Waals surface area contributed by atoms with Crippen molar-refractivity contribution < 1.29 is 5.11 Å². The van der Waals surface area contributed by atoms with E-state index in [2.05, 4.69) is 6.92 Å². The molecule has 4 unspecified atom stereocenters. The van der Waals surface area contributed by atoms with Crippen LogP contribution in [0.15, 0.2) is 0 Å². The first-order valence-electron chi connectivity index (χ1n) is 8.97. The molecule has 2 saturated carbocycles. The molecule has 4 atom stereocenters. The van der Waals surface area contributed by atoms with Gasteiger partial charge in [-0.25, -0.2) is 0 Å². The van der Waals surface area contributed by atoms with Crippen LogP contribution in [0.25, 0.3) is 0 Å². The van der Waals surface area contributed by atoms with Crippen LogP contribution in [0.2, 0.25) is 0 Å². The van der Waals surface area contributed by atoms with E-state index in [1.807, 2.05) is 0 Å². The van der Waals surface area contributed by atoms with Crippen LogP contribution >= 0.6 is 0 Å². The summed E-state index contributed by atoms with van der Waals surface area (Å²) in [6, 6.07) is 0. The zero-order valence-corrected chi connectivity index (χ0v) is 12.9. The monoisotopic (exact) mass is 266 g/mol. The Labute approximate surface area is 120 Å². The Hall–Kier alpha value is -0.0400.